The van der Waals surface area contributed by atoms with Crippen LogP contribution >= 0.6 is 11.3 Å². The van der Waals surface area contributed by atoms with E-state index in [9.17, 15) is 0 Å². The number of piperidine rings is 1. The van der Waals surface area contributed by atoms with Gasteiger partial charge in [-0.2, -0.15) is 0 Å². The number of fused-ring (bicyclic) bond motifs is 1. The monoisotopic (exact) mass is 381 g/mol. The molecule has 0 saturated carbocycles. The highest BCUT2D eigenvalue weighted by molar-refractivity contribution is 7.22. The smallest absolute Gasteiger partial charge is 0.186 e. The maximum absolute atomic E-state index is 6.49. The zero-order valence-corrected chi connectivity index (χ0v) is 16.4. The predicted molar refractivity (Wildman–Crippen MR) is 114 cm³/mol. The summed E-state index contributed by atoms with van der Waals surface area (Å²) in [6.07, 6.45) is 4.33. The molecule has 4 nitrogen and oxygen atoms in total. The molecule has 2 heterocycles. The first-order valence-electron chi connectivity index (χ1n) is 9.83. The molecule has 1 aromatic heterocycles. The number of thiazole rings is 1. The lowest BCUT2D eigenvalue weighted by Gasteiger charge is -2.34. The summed E-state index contributed by atoms with van der Waals surface area (Å²) < 4.78 is 7.05. The molecule has 2 aromatic carbocycles. The van der Waals surface area contributed by atoms with Crippen LogP contribution in [0.25, 0.3) is 10.2 Å². The largest absolute Gasteiger partial charge is 0.494 e. The Morgan fingerprint density at radius 1 is 1.07 bits per heavy atom. The highest BCUT2D eigenvalue weighted by Crippen LogP contribution is 2.32. The molecule has 1 fully saturated rings. The van der Waals surface area contributed by atoms with E-state index in [2.05, 4.69) is 29.2 Å². The van der Waals surface area contributed by atoms with Gasteiger partial charge in [0.25, 0.3) is 0 Å². The molecule has 0 spiro atoms. The lowest BCUT2D eigenvalue weighted by molar-refractivity contribution is 0.274. The van der Waals surface area contributed by atoms with Gasteiger partial charge in [0.15, 0.2) is 5.13 Å². The SMILES string of the molecule is NC(CCCOc1ccccc1)C1CCN(c2nc3ccccc3s2)CC1. The zero-order chi connectivity index (χ0) is 18.5. The summed E-state index contributed by atoms with van der Waals surface area (Å²) in [5.74, 6) is 1.54. The van der Waals surface area contributed by atoms with Crippen molar-refractivity contribution in [3.8, 4) is 5.75 Å². The van der Waals surface area contributed by atoms with Crippen LogP contribution in [0.4, 0.5) is 5.13 Å². The first kappa shape index (κ1) is 18.3. The third-order valence-corrected chi connectivity index (χ3v) is 6.49. The number of rotatable bonds is 7. The van der Waals surface area contributed by atoms with Crippen molar-refractivity contribution in [2.24, 2.45) is 11.7 Å². The van der Waals surface area contributed by atoms with Crippen LogP contribution in [-0.2, 0) is 0 Å². The molecule has 1 saturated heterocycles. The van der Waals surface area contributed by atoms with Crippen LogP contribution in [0.1, 0.15) is 25.7 Å². The zero-order valence-electron chi connectivity index (χ0n) is 15.6. The summed E-state index contributed by atoms with van der Waals surface area (Å²) in [5.41, 5.74) is 7.59. The van der Waals surface area contributed by atoms with Crippen molar-refractivity contribution in [3.63, 3.8) is 0 Å². The number of hydrogen-bond acceptors (Lipinski definition) is 5. The quantitative estimate of drug-likeness (QED) is 0.603. The molecule has 1 aliphatic rings. The van der Waals surface area contributed by atoms with E-state index in [-0.39, 0.29) is 6.04 Å². The van der Waals surface area contributed by atoms with E-state index >= 15 is 0 Å². The van der Waals surface area contributed by atoms with Crippen molar-refractivity contribution in [2.75, 3.05) is 24.6 Å². The first-order chi connectivity index (χ1) is 13.3. The summed E-state index contributed by atoms with van der Waals surface area (Å²) in [4.78, 5) is 7.22. The molecule has 27 heavy (non-hydrogen) atoms. The fourth-order valence-corrected chi connectivity index (χ4v) is 4.79. The Bertz CT molecular complexity index is 810. The summed E-state index contributed by atoms with van der Waals surface area (Å²) in [6, 6.07) is 18.6. The molecular weight excluding hydrogens is 354 g/mol. The Hall–Kier alpha value is -2.11. The maximum Gasteiger partial charge on any atom is 0.186 e. The number of para-hydroxylation sites is 2. The minimum Gasteiger partial charge on any atom is -0.494 e. The molecule has 1 atom stereocenters. The molecule has 0 aliphatic carbocycles. The van der Waals surface area contributed by atoms with E-state index in [0.29, 0.717) is 5.92 Å². The molecule has 0 bridgehead atoms. The van der Waals surface area contributed by atoms with Gasteiger partial charge in [-0.1, -0.05) is 41.7 Å². The normalized spacial score (nSPS) is 16.6. The summed E-state index contributed by atoms with van der Waals surface area (Å²) in [7, 11) is 0. The average molecular weight is 382 g/mol. The van der Waals surface area contributed by atoms with Crippen molar-refractivity contribution >= 4 is 26.7 Å². The average Bonchev–Trinajstić information content (AvgIpc) is 3.16. The van der Waals surface area contributed by atoms with E-state index in [4.69, 9.17) is 15.5 Å². The van der Waals surface area contributed by atoms with Gasteiger partial charge in [0.1, 0.15) is 5.75 Å². The Morgan fingerprint density at radius 2 is 1.81 bits per heavy atom. The first-order valence-corrected chi connectivity index (χ1v) is 10.7. The number of anilines is 1. The molecule has 0 radical (unpaired) electrons. The Morgan fingerprint density at radius 3 is 2.59 bits per heavy atom. The molecule has 0 amide bonds. The van der Waals surface area contributed by atoms with Crippen LogP contribution in [0.15, 0.2) is 54.6 Å². The van der Waals surface area contributed by atoms with E-state index in [0.717, 1.165) is 61.8 Å². The van der Waals surface area contributed by atoms with Gasteiger partial charge in [-0.15, -0.1) is 0 Å². The molecular formula is C22H27N3OS. The van der Waals surface area contributed by atoms with Crippen LogP contribution in [0.2, 0.25) is 0 Å². The van der Waals surface area contributed by atoms with Crippen LogP contribution in [0, 0.1) is 5.92 Å². The van der Waals surface area contributed by atoms with Gasteiger partial charge in [-0.05, 0) is 55.9 Å². The molecule has 1 unspecified atom stereocenters. The van der Waals surface area contributed by atoms with Crippen molar-refractivity contribution < 1.29 is 4.74 Å². The lowest BCUT2D eigenvalue weighted by atomic mass is 9.88. The van der Waals surface area contributed by atoms with Gasteiger partial charge in [0.05, 0.1) is 16.8 Å². The Kier molecular flexibility index (Phi) is 5.90. The van der Waals surface area contributed by atoms with E-state index in [1.807, 2.05) is 30.3 Å². The van der Waals surface area contributed by atoms with Gasteiger partial charge < -0.3 is 15.4 Å². The maximum atomic E-state index is 6.49. The lowest BCUT2D eigenvalue weighted by Crippen LogP contribution is -2.41. The van der Waals surface area contributed by atoms with Gasteiger partial charge in [0, 0.05) is 19.1 Å². The molecule has 2 N–H and O–H groups in total. The van der Waals surface area contributed by atoms with Crippen LogP contribution < -0.4 is 15.4 Å². The second-order valence-electron chi connectivity index (χ2n) is 7.26. The van der Waals surface area contributed by atoms with E-state index in [1.54, 1.807) is 11.3 Å². The fraction of sp³-hybridized carbons (Fsp3) is 0.409. The molecule has 142 valence electrons. The van der Waals surface area contributed by atoms with E-state index in [1.165, 1.54) is 4.70 Å². The van der Waals surface area contributed by atoms with Crippen molar-refractivity contribution in [2.45, 2.75) is 31.7 Å². The Balaban J connectivity index is 1.21. The number of ether oxygens (including phenoxy) is 1. The number of nitrogens with two attached hydrogens (primary N) is 1. The third-order valence-electron chi connectivity index (χ3n) is 5.39. The van der Waals surface area contributed by atoms with Crippen molar-refractivity contribution in [1.29, 1.82) is 0 Å². The Labute approximate surface area is 165 Å². The van der Waals surface area contributed by atoms with E-state index < -0.39 is 0 Å². The second kappa shape index (κ2) is 8.72. The van der Waals surface area contributed by atoms with Crippen LogP contribution in [-0.4, -0.2) is 30.7 Å². The number of hydrogen-bond donors (Lipinski definition) is 1. The third kappa shape index (κ3) is 4.60. The summed E-state index contributed by atoms with van der Waals surface area (Å²) in [6.45, 7) is 2.85. The van der Waals surface area contributed by atoms with Crippen LogP contribution in [0.5, 0.6) is 5.75 Å². The summed E-state index contributed by atoms with van der Waals surface area (Å²) in [5, 5.41) is 1.15. The predicted octanol–water partition coefficient (Wildman–Crippen LogP) is 4.70. The fourth-order valence-electron chi connectivity index (χ4n) is 3.78. The topological polar surface area (TPSA) is 51.4 Å². The standard InChI is InChI=1S/C22H27N3OS/c23-19(9-6-16-26-18-7-2-1-3-8-18)17-12-14-25(15-13-17)22-24-20-10-4-5-11-21(20)27-22/h1-5,7-8,10-11,17,19H,6,9,12-16,23H2. The molecule has 4 rings (SSSR count). The van der Waals surface area contributed by atoms with Crippen molar-refractivity contribution in [1.82, 2.24) is 4.98 Å². The minimum atomic E-state index is 0.266. The van der Waals surface area contributed by atoms with Crippen LogP contribution in [0.3, 0.4) is 0 Å². The highest BCUT2D eigenvalue weighted by atomic mass is 32.1. The second-order valence-corrected chi connectivity index (χ2v) is 8.27. The molecule has 3 aromatic rings. The number of nitrogens with zero attached hydrogens (tertiary/aromatic N) is 2. The van der Waals surface area contributed by atoms with Gasteiger partial charge in [-0.3, -0.25) is 0 Å². The molecule has 1 aliphatic heterocycles. The minimum absolute atomic E-state index is 0.266. The molecule has 5 heteroatoms. The van der Waals surface area contributed by atoms with Gasteiger partial charge >= 0.3 is 0 Å². The summed E-state index contributed by atoms with van der Waals surface area (Å²) >= 11 is 1.80. The van der Waals surface area contributed by atoms with Crippen molar-refractivity contribution in [3.05, 3.63) is 54.6 Å². The number of aromatic nitrogens is 1. The number of benzene rings is 2. The van der Waals surface area contributed by atoms with Gasteiger partial charge in [0.2, 0.25) is 0 Å². The highest BCUT2D eigenvalue weighted by Gasteiger charge is 2.25. The van der Waals surface area contributed by atoms with Gasteiger partial charge in [-0.25, -0.2) is 4.98 Å².